The van der Waals surface area contributed by atoms with Crippen LogP contribution < -0.4 is 5.32 Å². The van der Waals surface area contributed by atoms with Gasteiger partial charge in [-0.1, -0.05) is 19.3 Å². The highest BCUT2D eigenvalue weighted by molar-refractivity contribution is 5.73. The highest BCUT2D eigenvalue weighted by Crippen LogP contribution is 2.22. The van der Waals surface area contributed by atoms with Gasteiger partial charge in [-0.05, 0) is 19.3 Å². The Bertz CT molecular complexity index is 260. The van der Waals surface area contributed by atoms with Crippen LogP contribution in [0.15, 0.2) is 0 Å². The summed E-state index contributed by atoms with van der Waals surface area (Å²) < 4.78 is 0. The first-order chi connectivity index (χ1) is 8.11. The van der Waals surface area contributed by atoms with Gasteiger partial charge in [0.2, 0.25) is 11.8 Å². The van der Waals surface area contributed by atoms with Crippen LogP contribution in [0.25, 0.3) is 0 Å². The van der Waals surface area contributed by atoms with Crippen molar-refractivity contribution in [1.29, 1.82) is 0 Å². The Morgan fingerprint density at radius 3 is 2.35 bits per heavy atom. The zero-order chi connectivity index (χ0) is 12.7. The molecule has 1 saturated carbocycles. The van der Waals surface area contributed by atoms with Crippen molar-refractivity contribution in [2.75, 3.05) is 13.1 Å². The van der Waals surface area contributed by atoms with Gasteiger partial charge in [0.1, 0.15) is 0 Å². The minimum atomic E-state index is -0.00274. The lowest BCUT2D eigenvalue weighted by Crippen LogP contribution is -2.41. The quantitative estimate of drug-likeness (QED) is 0.743. The van der Waals surface area contributed by atoms with Crippen molar-refractivity contribution in [3.05, 3.63) is 0 Å². The van der Waals surface area contributed by atoms with E-state index in [1.165, 1.54) is 26.2 Å². The molecule has 0 aromatic rings. The number of nitrogens with zero attached hydrogens (tertiary/aromatic N) is 1. The highest BCUT2D eigenvalue weighted by atomic mass is 16.2. The van der Waals surface area contributed by atoms with E-state index in [2.05, 4.69) is 5.32 Å². The lowest BCUT2D eigenvalue weighted by molar-refractivity contribution is -0.131. The van der Waals surface area contributed by atoms with Crippen molar-refractivity contribution < 1.29 is 9.59 Å². The van der Waals surface area contributed by atoms with E-state index >= 15 is 0 Å². The smallest absolute Gasteiger partial charge is 0.219 e. The zero-order valence-corrected chi connectivity index (χ0v) is 11.0. The third kappa shape index (κ3) is 5.20. The van der Waals surface area contributed by atoms with Crippen LogP contribution in [0, 0.1) is 0 Å². The predicted molar refractivity (Wildman–Crippen MR) is 67.6 cm³/mol. The largest absolute Gasteiger partial charge is 0.356 e. The molecule has 1 N–H and O–H groups in total. The number of amides is 2. The normalized spacial score (nSPS) is 16.6. The van der Waals surface area contributed by atoms with Crippen molar-refractivity contribution in [2.45, 2.75) is 58.4 Å². The summed E-state index contributed by atoms with van der Waals surface area (Å²) in [4.78, 5) is 24.3. The Morgan fingerprint density at radius 1 is 1.18 bits per heavy atom. The molecule has 0 aromatic heterocycles. The Kier molecular flexibility index (Phi) is 6.01. The van der Waals surface area contributed by atoms with Gasteiger partial charge in [0.05, 0.1) is 0 Å². The van der Waals surface area contributed by atoms with Gasteiger partial charge in [-0.3, -0.25) is 9.59 Å². The Balaban J connectivity index is 2.32. The number of carbonyl (C=O) groups is 2. The van der Waals surface area contributed by atoms with Gasteiger partial charge in [-0.15, -0.1) is 0 Å². The number of hydrogen-bond donors (Lipinski definition) is 1. The monoisotopic (exact) mass is 240 g/mol. The van der Waals surface area contributed by atoms with Gasteiger partial charge in [-0.2, -0.15) is 0 Å². The molecule has 2 amide bonds. The summed E-state index contributed by atoms with van der Waals surface area (Å²) in [5, 5.41) is 2.77. The van der Waals surface area contributed by atoms with Crippen LogP contribution in [0.5, 0.6) is 0 Å². The van der Waals surface area contributed by atoms with E-state index in [9.17, 15) is 9.59 Å². The molecule has 4 heteroatoms. The summed E-state index contributed by atoms with van der Waals surface area (Å²) in [7, 11) is 0. The first kappa shape index (κ1) is 14.0. The summed E-state index contributed by atoms with van der Waals surface area (Å²) in [6.07, 6.45) is 6.89. The fourth-order valence-electron chi connectivity index (χ4n) is 2.50. The van der Waals surface area contributed by atoms with E-state index in [0.29, 0.717) is 12.6 Å². The SMILES string of the molecule is CC(=O)NCCCN(C(C)=O)C1CCCCC1. The van der Waals surface area contributed by atoms with Gasteiger partial charge in [0, 0.05) is 33.0 Å². The van der Waals surface area contributed by atoms with Gasteiger partial charge < -0.3 is 10.2 Å². The average Bonchev–Trinajstić information content (AvgIpc) is 2.29. The van der Waals surface area contributed by atoms with E-state index in [0.717, 1.165) is 25.8 Å². The van der Waals surface area contributed by atoms with Gasteiger partial charge in [0.15, 0.2) is 0 Å². The molecule has 0 spiro atoms. The molecule has 0 atom stereocenters. The second kappa shape index (κ2) is 7.30. The van der Waals surface area contributed by atoms with Gasteiger partial charge >= 0.3 is 0 Å². The minimum Gasteiger partial charge on any atom is -0.356 e. The van der Waals surface area contributed by atoms with Crippen molar-refractivity contribution >= 4 is 11.8 Å². The van der Waals surface area contributed by atoms with Crippen LogP contribution >= 0.6 is 0 Å². The summed E-state index contributed by atoms with van der Waals surface area (Å²) in [5.41, 5.74) is 0. The van der Waals surface area contributed by atoms with E-state index < -0.39 is 0 Å². The fraction of sp³-hybridized carbons (Fsp3) is 0.846. The van der Waals surface area contributed by atoms with Crippen molar-refractivity contribution in [1.82, 2.24) is 10.2 Å². The van der Waals surface area contributed by atoms with Gasteiger partial charge in [0.25, 0.3) is 0 Å². The maximum absolute atomic E-state index is 11.6. The Morgan fingerprint density at radius 2 is 1.82 bits per heavy atom. The van der Waals surface area contributed by atoms with Crippen LogP contribution in [0.4, 0.5) is 0 Å². The summed E-state index contributed by atoms with van der Waals surface area (Å²) in [6.45, 7) is 4.59. The third-order valence-electron chi connectivity index (χ3n) is 3.37. The molecule has 0 radical (unpaired) electrons. The lowest BCUT2D eigenvalue weighted by Gasteiger charge is -2.33. The molecule has 17 heavy (non-hydrogen) atoms. The molecule has 1 rings (SSSR count). The van der Waals surface area contributed by atoms with E-state index in [1.54, 1.807) is 6.92 Å². The molecule has 0 unspecified atom stereocenters. The maximum atomic E-state index is 11.6. The average molecular weight is 240 g/mol. The molecule has 1 fully saturated rings. The lowest BCUT2D eigenvalue weighted by atomic mass is 9.94. The highest BCUT2D eigenvalue weighted by Gasteiger charge is 2.22. The summed E-state index contributed by atoms with van der Waals surface area (Å²) in [6, 6.07) is 0.429. The molecular weight excluding hydrogens is 216 g/mol. The third-order valence-corrected chi connectivity index (χ3v) is 3.37. The maximum Gasteiger partial charge on any atom is 0.219 e. The molecule has 0 aromatic carbocycles. The molecule has 4 nitrogen and oxygen atoms in total. The van der Waals surface area contributed by atoms with Crippen LogP contribution in [-0.4, -0.2) is 35.8 Å². The van der Waals surface area contributed by atoms with Crippen molar-refractivity contribution in [3.8, 4) is 0 Å². The number of rotatable bonds is 5. The second-order valence-corrected chi connectivity index (χ2v) is 4.84. The Hall–Kier alpha value is -1.06. The molecule has 0 aliphatic heterocycles. The van der Waals surface area contributed by atoms with Gasteiger partial charge in [-0.25, -0.2) is 0 Å². The number of nitrogens with one attached hydrogen (secondary N) is 1. The Labute approximate surface area is 104 Å². The molecule has 0 bridgehead atoms. The molecule has 0 saturated heterocycles. The summed E-state index contributed by atoms with van der Waals surface area (Å²) in [5.74, 6) is 0.164. The van der Waals surface area contributed by atoms with E-state index in [-0.39, 0.29) is 11.8 Å². The molecule has 0 heterocycles. The molecule has 98 valence electrons. The predicted octanol–water partition coefficient (Wildman–Crippen LogP) is 1.69. The summed E-state index contributed by atoms with van der Waals surface area (Å²) >= 11 is 0. The fourth-order valence-corrected chi connectivity index (χ4v) is 2.50. The van der Waals surface area contributed by atoms with Crippen LogP contribution in [0.3, 0.4) is 0 Å². The van der Waals surface area contributed by atoms with Crippen LogP contribution in [0.1, 0.15) is 52.4 Å². The standard InChI is InChI=1S/C13H24N2O2/c1-11(16)14-9-6-10-15(12(2)17)13-7-4-3-5-8-13/h13H,3-10H2,1-2H3,(H,14,16). The topological polar surface area (TPSA) is 49.4 Å². The first-order valence-electron chi connectivity index (χ1n) is 6.63. The molecular formula is C13H24N2O2. The number of carbonyl (C=O) groups excluding carboxylic acids is 2. The van der Waals surface area contributed by atoms with Crippen molar-refractivity contribution in [2.24, 2.45) is 0 Å². The van der Waals surface area contributed by atoms with E-state index in [4.69, 9.17) is 0 Å². The van der Waals surface area contributed by atoms with Crippen molar-refractivity contribution in [3.63, 3.8) is 0 Å². The van der Waals surface area contributed by atoms with Crippen LogP contribution in [-0.2, 0) is 9.59 Å². The van der Waals surface area contributed by atoms with Crippen LogP contribution in [0.2, 0.25) is 0 Å². The zero-order valence-electron chi connectivity index (χ0n) is 11.0. The molecule has 1 aliphatic rings. The second-order valence-electron chi connectivity index (χ2n) is 4.84. The minimum absolute atomic E-state index is 0.00274. The first-order valence-corrected chi connectivity index (χ1v) is 6.63. The number of hydrogen-bond acceptors (Lipinski definition) is 2. The molecule has 1 aliphatic carbocycles. The van der Waals surface area contributed by atoms with E-state index in [1.807, 2.05) is 4.90 Å².